The first kappa shape index (κ1) is 32.0. The number of aromatic nitrogens is 3. The molecule has 4 heterocycles. The van der Waals surface area contributed by atoms with Crippen LogP contribution in [0.15, 0.2) is 36.8 Å². The molecule has 2 N–H and O–H groups in total. The van der Waals surface area contributed by atoms with Crippen molar-refractivity contribution in [3.05, 3.63) is 48.0 Å². The standard InChI is InChI=1S/C19H26N4O2.2C2HF3O2/c1-2-17(10-20-6-1)15-25-19-13-22(11-16-4-8-24-9-5-16)12-18-3-7-21-23(18)14-19;2*3-2(4,5)1(6)7/h1-3,6-7,10,16,19H,4-5,8-9,11-15H2;2*(H,6,7). The molecule has 2 aliphatic heterocycles. The molecule has 2 aromatic heterocycles. The van der Waals surface area contributed by atoms with Gasteiger partial charge in [0, 0.05) is 51.4 Å². The number of nitrogens with zero attached hydrogens (tertiary/aromatic N) is 4. The summed E-state index contributed by atoms with van der Waals surface area (Å²) in [6, 6.07) is 6.14. The third-order valence-electron chi connectivity index (χ3n) is 5.58. The van der Waals surface area contributed by atoms with E-state index in [0.717, 1.165) is 63.7 Å². The van der Waals surface area contributed by atoms with E-state index in [9.17, 15) is 26.3 Å². The van der Waals surface area contributed by atoms with Gasteiger partial charge in [0.25, 0.3) is 0 Å². The number of carbonyl (C=O) groups is 2. The highest BCUT2D eigenvalue weighted by Crippen LogP contribution is 2.21. The molecule has 2 aromatic rings. The molecule has 0 aliphatic carbocycles. The fourth-order valence-electron chi connectivity index (χ4n) is 3.73. The van der Waals surface area contributed by atoms with Gasteiger partial charge in [-0.1, -0.05) is 6.07 Å². The summed E-state index contributed by atoms with van der Waals surface area (Å²) in [6.45, 7) is 6.22. The Balaban J connectivity index is 0.000000317. The van der Waals surface area contributed by atoms with E-state index >= 15 is 0 Å². The van der Waals surface area contributed by atoms with Crippen molar-refractivity contribution in [2.24, 2.45) is 5.92 Å². The topological polar surface area (TPSA) is 127 Å². The minimum Gasteiger partial charge on any atom is -0.475 e. The van der Waals surface area contributed by atoms with Gasteiger partial charge in [0.1, 0.15) is 0 Å². The van der Waals surface area contributed by atoms with Crippen LogP contribution in [0.4, 0.5) is 26.3 Å². The molecule has 0 bridgehead atoms. The molecular formula is C23H28F6N4O6. The van der Waals surface area contributed by atoms with Gasteiger partial charge < -0.3 is 19.7 Å². The van der Waals surface area contributed by atoms with Crippen LogP contribution in [0.2, 0.25) is 0 Å². The molecule has 2 aliphatic rings. The summed E-state index contributed by atoms with van der Waals surface area (Å²) in [4.78, 5) is 24.5. The third kappa shape index (κ3) is 12.0. The monoisotopic (exact) mass is 570 g/mol. The zero-order valence-corrected chi connectivity index (χ0v) is 20.6. The normalized spacial score (nSPS) is 18.5. The number of carboxylic acid groups (broad SMARTS) is 2. The van der Waals surface area contributed by atoms with Crippen LogP contribution in [0.5, 0.6) is 0 Å². The highest BCUT2D eigenvalue weighted by Gasteiger charge is 2.38. The Bertz CT molecular complexity index is 1000. The molecule has 1 atom stereocenters. The molecule has 16 heteroatoms. The van der Waals surface area contributed by atoms with Crippen molar-refractivity contribution in [1.29, 1.82) is 0 Å². The summed E-state index contributed by atoms with van der Waals surface area (Å²) in [6.07, 6.45) is -2.14. The second-order valence-corrected chi connectivity index (χ2v) is 8.65. The maximum Gasteiger partial charge on any atom is 0.490 e. The van der Waals surface area contributed by atoms with Crippen LogP contribution < -0.4 is 0 Å². The molecule has 4 rings (SSSR count). The minimum atomic E-state index is -5.08. The van der Waals surface area contributed by atoms with Crippen LogP contribution in [-0.4, -0.2) is 86.6 Å². The molecule has 0 aromatic carbocycles. The minimum absolute atomic E-state index is 0.140. The zero-order chi connectivity index (χ0) is 29.1. The number of alkyl halides is 6. The van der Waals surface area contributed by atoms with Crippen LogP contribution >= 0.6 is 0 Å². The van der Waals surface area contributed by atoms with Crippen molar-refractivity contribution in [1.82, 2.24) is 19.7 Å². The van der Waals surface area contributed by atoms with Crippen molar-refractivity contribution < 1.29 is 55.6 Å². The number of rotatable bonds is 5. The largest absolute Gasteiger partial charge is 0.490 e. The van der Waals surface area contributed by atoms with Crippen LogP contribution in [0.1, 0.15) is 24.1 Å². The average molecular weight is 570 g/mol. The highest BCUT2D eigenvalue weighted by atomic mass is 19.4. The maximum atomic E-state index is 10.6. The van der Waals surface area contributed by atoms with E-state index < -0.39 is 24.3 Å². The summed E-state index contributed by atoms with van der Waals surface area (Å²) >= 11 is 0. The Morgan fingerprint density at radius 2 is 1.62 bits per heavy atom. The van der Waals surface area contributed by atoms with E-state index in [4.69, 9.17) is 29.3 Å². The molecule has 39 heavy (non-hydrogen) atoms. The first-order valence-electron chi connectivity index (χ1n) is 11.7. The smallest absolute Gasteiger partial charge is 0.475 e. The van der Waals surface area contributed by atoms with E-state index in [1.165, 1.54) is 5.69 Å². The maximum absolute atomic E-state index is 10.6. The predicted octanol–water partition coefficient (Wildman–Crippen LogP) is 3.37. The molecular weight excluding hydrogens is 542 g/mol. The molecule has 1 fully saturated rings. The number of carboxylic acids is 2. The lowest BCUT2D eigenvalue weighted by Crippen LogP contribution is -2.37. The van der Waals surface area contributed by atoms with Gasteiger partial charge >= 0.3 is 24.3 Å². The van der Waals surface area contributed by atoms with Crippen LogP contribution in [0.25, 0.3) is 0 Å². The summed E-state index contributed by atoms with van der Waals surface area (Å²) < 4.78 is 77.3. The van der Waals surface area contributed by atoms with E-state index in [1.54, 1.807) is 6.20 Å². The molecule has 0 radical (unpaired) electrons. The Labute approximate surface area is 219 Å². The molecule has 218 valence electrons. The lowest BCUT2D eigenvalue weighted by Gasteiger charge is -2.30. The van der Waals surface area contributed by atoms with Gasteiger partial charge in [-0.25, -0.2) is 9.59 Å². The molecule has 1 unspecified atom stereocenters. The Morgan fingerprint density at radius 1 is 1.00 bits per heavy atom. The van der Waals surface area contributed by atoms with Gasteiger partial charge in [0.15, 0.2) is 0 Å². The number of ether oxygens (including phenoxy) is 2. The quantitative estimate of drug-likeness (QED) is 0.521. The summed E-state index contributed by atoms with van der Waals surface area (Å²) in [5.74, 6) is -4.79. The molecule has 10 nitrogen and oxygen atoms in total. The van der Waals surface area contributed by atoms with Crippen molar-refractivity contribution in [2.45, 2.75) is 51.0 Å². The highest BCUT2D eigenvalue weighted by molar-refractivity contribution is 5.73. The molecule has 0 spiro atoms. The van der Waals surface area contributed by atoms with Gasteiger partial charge in [-0.15, -0.1) is 0 Å². The summed E-state index contributed by atoms with van der Waals surface area (Å²) in [5.41, 5.74) is 2.39. The summed E-state index contributed by atoms with van der Waals surface area (Å²) in [7, 11) is 0. The number of pyridine rings is 1. The van der Waals surface area contributed by atoms with E-state index in [1.807, 2.05) is 18.5 Å². The van der Waals surface area contributed by atoms with Crippen molar-refractivity contribution in [3.8, 4) is 0 Å². The number of halogens is 6. The second-order valence-electron chi connectivity index (χ2n) is 8.65. The first-order valence-corrected chi connectivity index (χ1v) is 11.7. The fourth-order valence-corrected chi connectivity index (χ4v) is 3.73. The van der Waals surface area contributed by atoms with Gasteiger partial charge in [0.05, 0.1) is 24.9 Å². The third-order valence-corrected chi connectivity index (χ3v) is 5.58. The van der Waals surface area contributed by atoms with Gasteiger partial charge in [-0.05, 0) is 36.5 Å². The average Bonchev–Trinajstić information content (AvgIpc) is 3.22. The number of hydrogen-bond donors (Lipinski definition) is 2. The Kier molecular flexibility index (Phi) is 12.1. The second kappa shape index (κ2) is 14.8. The van der Waals surface area contributed by atoms with Crippen molar-refractivity contribution in [3.63, 3.8) is 0 Å². The number of fused-ring (bicyclic) bond motifs is 1. The molecule has 0 amide bonds. The number of hydrogen-bond acceptors (Lipinski definition) is 7. The fraction of sp³-hybridized carbons (Fsp3) is 0.565. The SMILES string of the molecule is O=C(O)C(F)(F)F.O=C(O)C(F)(F)F.c1cncc(COC2CN(CC3CCOCC3)Cc3ccnn3C2)c1. The number of aliphatic carboxylic acids is 2. The Hall–Kier alpha value is -3.24. The Morgan fingerprint density at radius 3 is 2.15 bits per heavy atom. The zero-order valence-electron chi connectivity index (χ0n) is 20.6. The summed E-state index contributed by atoms with van der Waals surface area (Å²) in [5, 5.41) is 18.7. The lowest BCUT2D eigenvalue weighted by molar-refractivity contribution is -0.193. The van der Waals surface area contributed by atoms with E-state index in [-0.39, 0.29) is 6.10 Å². The van der Waals surface area contributed by atoms with Gasteiger partial charge in [-0.2, -0.15) is 31.4 Å². The van der Waals surface area contributed by atoms with E-state index in [0.29, 0.717) is 6.61 Å². The predicted molar refractivity (Wildman–Crippen MR) is 121 cm³/mol. The molecule has 1 saturated heterocycles. The van der Waals surface area contributed by atoms with Crippen LogP contribution in [-0.2, 0) is 38.8 Å². The van der Waals surface area contributed by atoms with Gasteiger partial charge in [0.2, 0.25) is 0 Å². The molecule has 0 saturated carbocycles. The lowest BCUT2D eigenvalue weighted by atomic mass is 9.99. The van der Waals surface area contributed by atoms with Crippen LogP contribution in [0.3, 0.4) is 0 Å². The van der Waals surface area contributed by atoms with E-state index in [2.05, 4.69) is 31.8 Å². The first-order chi connectivity index (χ1) is 18.3. The van der Waals surface area contributed by atoms with Crippen molar-refractivity contribution in [2.75, 3.05) is 26.3 Å². The van der Waals surface area contributed by atoms with Crippen molar-refractivity contribution >= 4 is 11.9 Å². The van der Waals surface area contributed by atoms with Crippen LogP contribution in [0, 0.1) is 5.92 Å². The van der Waals surface area contributed by atoms with Gasteiger partial charge in [-0.3, -0.25) is 14.6 Å².